The van der Waals surface area contributed by atoms with Crippen molar-refractivity contribution in [1.29, 1.82) is 0 Å². The number of carbonyl (C=O) groups excluding carboxylic acids is 1. The molecule has 0 aliphatic carbocycles. The van der Waals surface area contributed by atoms with Gasteiger partial charge >= 0.3 is 0 Å². The van der Waals surface area contributed by atoms with Crippen LogP contribution in [0.4, 0.5) is 0 Å². The van der Waals surface area contributed by atoms with Gasteiger partial charge in [-0.05, 0) is 23.3 Å². The molecule has 4 heteroatoms. The molecule has 1 atom stereocenters. The van der Waals surface area contributed by atoms with Gasteiger partial charge < -0.3 is 10.1 Å². The molecule has 22 heavy (non-hydrogen) atoms. The van der Waals surface area contributed by atoms with Gasteiger partial charge in [-0.3, -0.25) is 9.69 Å². The first kappa shape index (κ1) is 15.0. The Morgan fingerprint density at radius 1 is 1.18 bits per heavy atom. The fourth-order valence-corrected chi connectivity index (χ4v) is 2.96. The summed E-state index contributed by atoms with van der Waals surface area (Å²) in [5, 5.41) is 5.52. The molecule has 0 saturated carbocycles. The second-order valence-corrected chi connectivity index (χ2v) is 5.75. The van der Waals surface area contributed by atoms with Crippen molar-refractivity contribution in [1.82, 2.24) is 10.2 Å². The van der Waals surface area contributed by atoms with E-state index in [2.05, 4.69) is 34.5 Å². The molecule has 1 fully saturated rings. The van der Waals surface area contributed by atoms with Crippen LogP contribution in [0, 0.1) is 0 Å². The molecule has 1 N–H and O–H groups in total. The molecule has 2 aromatic carbocycles. The van der Waals surface area contributed by atoms with Gasteiger partial charge in [-0.15, -0.1) is 0 Å². The van der Waals surface area contributed by atoms with Gasteiger partial charge in [-0.1, -0.05) is 42.5 Å². The molecule has 1 unspecified atom stereocenters. The summed E-state index contributed by atoms with van der Waals surface area (Å²) in [5.41, 5.74) is 1.16. The van der Waals surface area contributed by atoms with Crippen molar-refractivity contribution in [3.05, 3.63) is 48.0 Å². The van der Waals surface area contributed by atoms with E-state index < -0.39 is 0 Å². The van der Waals surface area contributed by atoms with Crippen molar-refractivity contribution < 1.29 is 9.53 Å². The zero-order chi connectivity index (χ0) is 15.4. The van der Waals surface area contributed by atoms with Crippen molar-refractivity contribution in [3.8, 4) is 0 Å². The smallest absolute Gasteiger partial charge is 0.234 e. The monoisotopic (exact) mass is 298 g/mol. The Morgan fingerprint density at radius 3 is 2.73 bits per heavy atom. The minimum Gasteiger partial charge on any atom is -0.379 e. The van der Waals surface area contributed by atoms with E-state index in [1.807, 2.05) is 25.1 Å². The normalized spacial score (nSPS) is 17.3. The molecule has 1 aliphatic heterocycles. The number of hydrogen-bond acceptors (Lipinski definition) is 3. The number of rotatable bonds is 4. The lowest BCUT2D eigenvalue weighted by atomic mass is 10.00. The number of fused-ring (bicyclic) bond motifs is 1. The molecule has 2 aromatic rings. The van der Waals surface area contributed by atoms with Crippen LogP contribution in [0.15, 0.2) is 42.5 Å². The predicted molar refractivity (Wildman–Crippen MR) is 87.8 cm³/mol. The molecule has 1 amide bonds. The Kier molecular flexibility index (Phi) is 4.71. The van der Waals surface area contributed by atoms with E-state index in [9.17, 15) is 4.79 Å². The SMILES string of the molecule is CC(NC(=O)CN1CCOCC1)c1cccc2ccccc12. The molecule has 0 spiro atoms. The average Bonchev–Trinajstić information content (AvgIpc) is 2.55. The summed E-state index contributed by atoms with van der Waals surface area (Å²) in [7, 11) is 0. The summed E-state index contributed by atoms with van der Waals surface area (Å²) < 4.78 is 5.31. The number of amides is 1. The number of carbonyl (C=O) groups is 1. The molecule has 0 aromatic heterocycles. The Labute approximate surface area is 131 Å². The van der Waals surface area contributed by atoms with Crippen molar-refractivity contribution in [2.24, 2.45) is 0 Å². The second kappa shape index (κ2) is 6.90. The number of hydrogen-bond donors (Lipinski definition) is 1. The average molecular weight is 298 g/mol. The molecular weight excluding hydrogens is 276 g/mol. The minimum absolute atomic E-state index is 0.000333. The largest absolute Gasteiger partial charge is 0.379 e. The minimum atomic E-state index is -0.000333. The van der Waals surface area contributed by atoms with Gasteiger partial charge in [-0.2, -0.15) is 0 Å². The highest BCUT2D eigenvalue weighted by molar-refractivity contribution is 5.87. The third-order valence-electron chi connectivity index (χ3n) is 4.14. The van der Waals surface area contributed by atoms with Crippen LogP contribution in [0.5, 0.6) is 0 Å². The fraction of sp³-hybridized carbons (Fsp3) is 0.389. The van der Waals surface area contributed by atoms with Crippen molar-refractivity contribution in [2.45, 2.75) is 13.0 Å². The van der Waals surface area contributed by atoms with Crippen LogP contribution < -0.4 is 5.32 Å². The zero-order valence-electron chi connectivity index (χ0n) is 12.9. The Bertz CT molecular complexity index is 645. The maximum absolute atomic E-state index is 12.2. The third kappa shape index (κ3) is 3.46. The van der Waals surface area contributed by atoms with Crippen LogP contribution in [0.25, 0.3) is 10.8 Å². The maximum atomic E-state index is 12.2. The summed E-state index contributed by atoms with van der Waals surface area (Å²) in [6.45, 7) is 5.57. The Balaban J connectivity index is 1.67. The van der Waals surface area contributed by atoms with Crippen LogP contribution in [0.1, 0.15) is 18.5 Å². The third-order valence-corrected chi connectivity index (χ3v) is 4.14. The van der Waals surface area contributed by atoms with Crippen LogP contribution in [0.3, 0.4) is 0 Å². The lowest BCUT2D eigenvalue weighted by molar-refractivity contribution is -0.123. The number of nitrogens with zero attached hydrogens (tertiary/aromatic N) is 1. The summed E-state index contributed by atoms with van der Waals surface area (Å²) in [4.78, 5) is 14.4. The van der Waals surface area contributed by atoms with Crippen molar-refractivity contribution in [3.63, 3.8) is 0 Å². The quantitative estimate of drug-likeness (QED) is 0.942. The Hall–Kier alpha value is -1.91. The Morgan fingerprint density at radius 2 is 1.91 bits per heavy atom. The summed E-state index contributed by atoms with van der Waals surface area (Å²) >= 11 is 0. The van der Waals surface area contributed by atoms with Crippen LogP contribution in [-0.2, 0) is 9.53 Å². The molecule has 4 nitrogen and oxygen atoms in total. The van der Waals surface area contributed by atoms with E-state index in [0.717, 1.165) is 18.7 Å². The highest BCUT2D eigenvalue weighted by Gasteiger charge is 2.16. The van der Waals surface area contributed by atoms with E-state index in [1.54, 1.807) is 0 Å². The van der Waals surface area contributed by atoms with E-state index in [0.29, 0.717) is 19.8 Å². The first-order valence-electron chi connectivity index (χ1n) is 7.81. The molecule has 1 aliphatic rings. The molecule has 3 rings (SSSR count). The van der Waals surface area contributed by atoms with E-state index in [-0.39, 0.29) is 11.9 Å². The first-order valence-corrected chi connectivity index (χ1v) is 7.81. The molecule has 1 saturated heterocycles. The lowest BCUT2D eigenvalue weighted by Crippen LogP contribution is -2.43. The van der Waals surface area contributed by atoms with E-state index in [4.69, 9.17) is 4.74 Å². The first-order chi connectivity index (χ1) is 10.7. The van der Waals surface area contributed by atoms with Crippen LogP contribution in [0.2, 0.25) is 0 Å². The van der Waals surface area contributed by atoms with Gasteiger partial charge in [0.2, 0.25) is 5.91 Å². The molecule has 1 heterocycles. The summed E-state index contributed by atoms with van der Waals surface area (Å²) in [6, 6.07) is 14.5. The summed E-state index contributed by atoms with van der Waals surface area (Å²) in [6.07, 6.45) is 0. The highest BCUT2D eigenvalue weighted by atomic mass is 16.5. The molecule has 116 valence electrons. The standard InChI is InChI=1S/C18H22N2O2/c1-14(19-18(21)13-20-9-11-22-12-10-20)16-8-4-6-15-5-2-3-7-17(15)16/h2-8,14H,9-13H2,1H3,(H,19,21). The van der Waals surface area contributed by atoms with Gasteiger partial charge in [0.05, 0.1) is 25.8 Å². The molecule has 0 radical (unpaired) electrons. The van der Waals surface area contributed by atoms with Crippen LogP contribution >= 0.6 is 0 Å². The number of ether oxygens (including phenoxy) is 1. The molecular formula is C18H22N2O2. The van der Waals surface area contributed by atoms with E-state index >= 15 is 0 Å². The number of morpholine rings is 1. The highest BCUT2D eigenvalue weighted by Crippen LogP contribution is 2.23. The number of nitrogens with one attached hydrogen (secondary N) is 1. The summed E-state index contributed by atoms with van der Waals surface area (Å²) in [5.74, 6) is 0.0716. The fourth-order valence-electron chi connectivity index (χ4n) is 2.96. The van der Waals surface area contributed by atoms with Gasteiger partial charge in [0.15, 0.2) is 0 Å². The van der Waals surface area contributed by atoms with Gasteiger partial charge in [0.25, 0.3) is 0 Å². The van der Waals surface area contributed by atoms with Crippen molar-refractivity contribution >= 4 is 16.7 Å². The predicted octanol–water partition coefficient (Wildman–Crippen LogP) is 2.35. The zero-order valence-corrected chi connectivity index (χ0v) is 12.9. The van der Waals surface area contributed by atoms with Gasteiger partial charge in [0, 0.05) is 13.1 Å². The van der Waals surface area contributed by atoms with Gasteiger partial charge in [0.1, 0.15) is 0 Å². The topological polar surface area (TPSA) is 41.6 Å². The van der Waals surface area contributed by atoms with Crippen LogP contribution in [-0.4, -0.2) is 43.7 Å². The van der Waals surface area contributed by atoms with E-state index in [1.165, 1.54) is 10.8 Å². The van der Waals surface area contributed by atoms with Crippen molar-refractivity contribution in [2.75, 3.05) is 32.8 Å². The molecule has 0 bridgehead atoms. The maximum Gasteiger partial charge on any atom is 0.234 e. The lowest BCUT2D eigenvalue weighted by Gasteiger charge is -2.26. The number of benzene rings is 2. The second-order valence-electron chi connectivity index (χ2n) is 5.75. The van der Waals surface area contributed by atoms with Gasteiger partial charge in [-0.25, -0.2) is 0 Å².